The maximum atomic E-state index is 10.7. The van der Waals surface area contributed by atoms with Gasteiger partial charge in [-0.2, -0.15) is 0 Å². The van der Waals surface area contributed by atoms with Gasteiger partial charge in [0, 0.05) is 13.0 Å². The third-order valence-electron chi connectivity index (χ3n) is 1.17. The molecule has 0 spiro atoms. The first kappa shape index (κ1) is 8.94. The van der Waals surface area contributed by atoms with Crippen LogP contribution < -0.4 is 5.32 Å². The van der Waals surface area contributed by atoms with Crippen LogP contribution in [0.25, 0.3) is 0 Å². The summed E-state index contributed by atoms with van der Waals surface area (Å²) in [6, 6.07) is 0. The van der Waals surface area contributed by atoms with E-state index in [0.29, 0.717) is 0 Å². The molecule has 1 atom stereocenters. The molecule has 0 aromatic heterocycles. The second-order valence-corrected chi connectivity index (χ2v) is 2.11. The predicted octanol–water partition coefficient (Wildman–Crippen LogP) is -0.157. The molecule has 4 nitrogen and oxygen atoms in total. The van der Waals surface area contributed by atoms with Crippen molar-refractivity contribution in [3.8, 4) is 0 Å². The zero-order chi connectivity index (χ0) is 8.15. The predicted molar refractivity (Wildman–Crippen MR) is 35.5 cm³/mol. The van der Waals surface area contributed by atoms with Crippen molar-refractivity contribution in [1.29, 1.82) is 0 Å². The van der Waals surface area contributed by atoms with E-state index >= 15 is 0 Å². The fourth-order valence-electron chi connectivity index (χ4n) is 0.601. The van der Waals surface area contributed by atoms with Crippen LogP contribution in [0.4, 0.5) is 0 Å². The maximum absolute atomic E-state index is 10.7. The number of rotatable bonds is 3. The van der Waals surface area contributed by atoms with E-state index in [1.54, 1.807) is 6.92 Å². The van der Waals surface area contributed by atoms with Gasteiger partial charge in [0.1, 0.15) is 0 Å². The highest BCUT2D eigenvalue weighted by Gasteiger charge is 2.13. The Morgan fingerprint density at radius 3 is 2.40 bits per heavy atom. The van der Waals surface area contributed by atoms with Crippen molar-refractivity contribution in [2.24, 2.45) is 5.92 Å². The summed E-state index contributed by atoms with van der Waals surface area (Å²) in [7, 11) is 1.49. The number of amides is 1. The second-order valence-electron chi connectivity index (χ2n) is 2.11. The van der Waals surface area contributed by atoms with Gasteiger partial charge in [-0.25, -0.2) is 0 Å². The average molecular weight is 145 g/mol. The monoisotopic (exact) mass is 145 g/mol. The highest BCUT2D eigenvalue weighted by atomic mass is 16.4. The molecule has 0 unspecified atom stereocenters. The summed E-state index contributed by atoms with van der Waals surface area (Å²) in [6.45, 7) is 1.58. The number of nitrogens with one attached hydrogen (secondary N) is 1. The summed E-state index contributed by atoms with van der Waals surface area (Å²) >= 11 is 0. The number of carbonyl (C=O) groups is 2. The van der Waals surface area contributed by atoms with Gasteiger partial charge in [0.2, 0.25) is 5.91 Å². The molecule has 0 saturated heterocycles. The van der Waals surface area contributed by atoms with E-state index in [-0.39, 0.29) is 12.3 Å². The average Bonchev–Trinajstić information content (AvgIpc) is 1.85. The smallest absolute Gasteiger partial charge is 0.304 e. The molecule has 0 heterocycles. The first-order valence-electron chi connectivity index (χ1n) is 3.01. The Labute approximate surface area is 59.2 Å². The van der Waals surface area contributed by atoms with E-state index in [1.165, 1.54) is 7.05 Å². The lowest BCUT2D eigenvalue weighted by Gasteiger charge is -2.04. The summed E-state index contributed by atoms with van der Waals surface area (Å²) in [5, 5.41) is 10.6. The van der Waals surface area contributed by atoms with Crippen LogP contribution in [0, 0.1) is 5.92 Å². The van der Waals surface area contributed by atoms with Gasteiger partial charge in [-0.05, 0) is 0 Å². The minimum atomic E-state index is -0.948. The van der Waals surface area contributed by atoms with E-state index in [0.717, 1.165) is 0 Å². The Balaban J connectivity index is 3.72. The molecule has 1 amide bonds. The van der Waals surface area contributed by atoms with Crippen LogP contribution in [-0.2, 0) is 9.59 Å². The summed E-state index contributed by atoms with van der Waals surface area (Å²) < 4.78 is 0. The van der Waals surface area contributed by atoms with Crippen LogP contribution in [0.5, 0.6) is 0 Å². The molecule has 0 bridgehead atoms. The molecule has 0 aliphatic carbocycles. The van der Waals surface area contributed by atoms with Gasteiger partial charge in [-0.3, -0.25) is 9.59 Å². The number of carboxylic acid groups (broad SMARTS) is 1. The molecule has 0 aliphatic rings. The molecular formula is C6H11NO3. The fraction of sp³-hybridized carbons (Fsp3) is 0.667. The van der Waals surface area contributed by atoms with Gasteiger partial charge < -0.3 is 10.4 Å². The van der Waals surface area contributed by atoms with Crippen LogP contribution in [0.1, 0.15) is 13.3 Å². The molecule has 58 valence electrons. The number of carboxylic acids is 1. The Morgan fingerprint density at radius 1 is 1.60 bits per heavy atom. The molecule has 2 N–H and O–H groups in total. The first-order chi connectivity index (χ1) is 4.57. The summed E-state index contributed by atoms with van der Waals surface area (Å²) in [5.41, 5.74) is 0. The molecule has 0 rings (SSSR count). The normalized spacial score (nSPS) is 12.2. The minimum Gasteiger partial charge on any atom is -0.481 e. The van der Waals surface area contributed by atoms with E-state index in [9.17, 15) is 9.59 Å². The van der Waals surface area contributed by atoms with Crippen LogP contribution in [-0.4, -0.2) is 24.0 Å². The highest BCUT2D eigenvalue weighted by molar-refractivity contribution is 5.82. The SMILES string of the molecule is CNC(=O)[C@@H](C)CC(=O)O. The molecule has 0 aromatic carbocycles. The zero-order valence-electron chi connectivity index (χ0n) is 6.05. The molecule has 10 heavy (non-hydrogen) atoms. The molecular weight excluding hydrogens is 134 g/mol. The topological polar surface area (TPSA) is 66.4 Å². The molecule has 0 fully saturated rings. The largest absolute Gasteiger partial charge is 0.481 e. The summed E-state index contributed by atoms with van der Waals surface area (Å²) in [5.74, 6) is -1.62. The van der Waals surface area contributed by atoms with Crippen LogP contribution in [0.2, 0.25) is 0 Å². The van der Waals surface area contributed by atoms with Gasteiger partial charge in [0.05, 0.1) is 6.42 Å². The molecule has 4 heteroatoms. The van der Waals surface area contributed by atoms with Gasteiger partial charge in [0.15, 0.2) is 0 Å². The van der Waals surface area contributed by atoms with Crippen molar-refractivity contribution in [2.75, 3.05) is 7.05 Å². The first-order valence-corrected chi connectivity index (χ1v) is 3.01. The standard InChI is InChI=1S/C6H11NO3/c1-4(3-5(8)9)6(10)7-2/h4H,3H2,1-2H3,(H,7,10)(H,8,9)/t4-/m0/s1. The van der Waals surface area contributed by atoms with Crippen molar-refractivity contribution in [3.05, 3.63) is 0 Å². The van der Waals surface area contributed by atoms with Crippen molar-refractivity contribution in [3.63, 3.8) is 0 Å². The van der Waals surface area contributed by atoms with Crippen molar-refractivity contribution >= 4 is 11.9 Å². The zero-order valence-corrected chi connectivity index (χ0v) is 6.05. The molecule has 0 saturated carbocycles. The van der Waals surface area contributed by atoms with E-state index < -0.39 is 11.9 Å². The lowest BCUT2D eigenvalue weighted by atomic mass is 10.1. The van der Waals surface area contributed by atoms with Crippen molar-refractivity contribution in [2.45, 2.75) is 13.3 Å². The van der Waals surface area contributed by atoms with Gasteiger partial charge >= 0.3 is 5.97 Å². The Morgan fingerprint density at radius 2 is 2.10 bits per heavy atom. The van der Waals surface area contributed by atoms with Crippen LogP contribution in [0.15, 0.2) is 0 Å². The Kier molecular flexibility index (Phi) is 3.46. The number of aliphatic carboxylic acids is 1. The Hall–Kier alpha value is -1.06. The highest BCUT2D eigenvalue weighted by Crippen LogP contribution is 1.99. The fourth-order valence-corrected chi connectivity index (χ4v) is 0.601. The van der Waals surface area contributed by atoms with Crippen molar-refractivity contribution < 1.29 is 14.7 Å². The van der Waals surface area contributed by atoms with Crippen molar-refractivity contribution in [1.82, 2.24) is 5.32 Å². The van der Waals surface area contributed by atoms with E-state index in [4.69, 9.17) is 5.11 Å². The van der Waals surface area contributed by atoms with Gasteiger partial charge in [0.25, 0.3) is 0 Å². The second kappa shape index (κ2) is 3.87. The number of hydrogen-bond acceptors (Lipinski definition) is 2. The van der Waals surface area contributed by atoms with Gasteiger partial charge in [-0.15, -0.1) is 0 Å². The lowest BCUT2D eigenvalue weighted by Crippen LogP contribution is -2.26. The molecule has 0 aliphatic heterocycles. The molecule has 0 radical (unpaired) electrons. The number of carbonyl (C=O) groups excluding carboxylic acids is 1. The van der Waals surface area contributed by atoms with E-state index in [2.05, 4.69) is 5.32 Å². The van der Waals surface area contributed by atoms with Gasteiger partial charge in [-0.1, -0.05) is 6.92 Å². The third kappa shape index (κ3) is 3.06. The summed E-state index contributed by atoms with van der Waals surface area (Å²) in [4.78, 5) is 20.7. The van der Waals surface area contributed by atoms with Crippen LogP contribution >= 0.6 is 0 Å². The maximum Gasteiger partial charge on any atom is 0.304 e. The quantitative estimate of drug-likeness (QED) is 0.580. The third-order valence-corrected chi connectivity index (χ3v) is 1.17. The number of hydrogen-bond donors (Lipinski definition) is 2. The van der Waals surface area contributed by atoms with Crippen LogP contribution in [0.3, 0.4) is 0 Å². The molecule has 0 aromatic rings. The minimum absolute atomic E-state index is 0.111. The van der Waals surface area contributed by atoms with E-state index in [1.807, 2.05) is 0 Å². The Bertz CT molecular complexity index is 144. The lowest BCUT2D eigenvalue weighted by molar-refractivity contribution is -0.140. The summed E-state index contributed by atoms with van der Waals surface area (Å²) in [6.07, 6.45) is -0.111.